The number of hydrogen-bond donors (Lipinski definition) is 1. The summed E-state index contributed by atoms with van der Waals surface area (Å²) in [5, 5.41) is 0.444. The lowest BCUT2D eigenvalue weighted by atomic mass is 9.93. The van der Waals surface area contributed by atoms with E-state index in [1.165, 1.54) is 60.0 Å². The summed E-state index contributed by atoms with van der Waals surface area (Å²) in [6.07, 6.45) is 1.22. The molecule has 10 heteroatoms. The van der Waals surface area contributed by atoms with Gasteiger partial charge in [0.05, 0.1) is 35.5 Å². The topological polar surface area (TPSA) is 70.1 Å². The first-order valence-corrected chi connectivity index (χ1v) is 12.8. The fourth-order valence-corrected chi connectivity index (χ4v) is 6.32. The molecule has 0 fully saturated rings. The Bertz CT molecular complexity index is 1590. The van der Waals surface area contributed by atoms with Crippen molar-refractivity contribution in [2.75, 3.05) is 12.9 Å². The van der Waals surface area contributed by atoms with Gasteiger partial charge in [-0.05, 0) is 48.4 Å². The second-order valence-corrected chi connectivity index (χ2v) is 9.94. The molecule has 2 atom stereocenters. The summed E-state index contributed by atoms with van der Waals surface area (Å²) >= 11 is 1.28. The lowest BCUT2D eigenvalue weighted by Gasteiger charge is -2.24. The number of fused-ring (bicyclic) bond motifs is 1. The normalized spacial score (nSPS) is 15.4. The molecule has 38 heavy (non-hydrogen) atoms. The fraction of sp³-hybridized carbons (Fsp3) is 0.214. The van der Waals surface area contributed by atoms with Crippen LogP contribution >= 0.6 is 11.8 Å². The SMILES string of the molecule is COc1cccc(-c2c(C)c(Cc3c(F)cccc3F)c3n(c2=O)[C@H](C(N)c2ncccc2F)CS3)c1F. The fourth-order valence-electron chi connectivity index (χ4n) is 4.88. The van der Waals surface area contributed by atoms with Crippen molar-refractivity contribution in [3.8, 4) is 16.9 Å². The van der Waals surface area contributed by atoms with Crippen molar-refractivity contribution in [2.45, 2.75) is 30.5 Å². The van der Waals surface area contributed by atoms with E-state index >= 15 is 4.39 Å². The first kappa shape index (κ1) is 26.0. The molecule has 2 aromatic carbocycles. The van der Waals surface area contributed by atoms with Gasteiger partial charge in [-0.25, -0.2) is 17.6 Å². The highest BCUT2D eigenvalue weighted by Gasteiger charge is 2.36. The molecule has 0 spiro atoms. The maximum absolute atomic E-state index is 15.4. The van der Waals surface area contributed by atoms with Gasteiger partial charge < -0.3 is 10.5 Å². The second-order valence-electron chi connectivity index (χ2n) is 8.93. The predicted octanol–water partition coefficient (Wildman–Crippen LogP) is 5.72. The van der Waals surface area contributed by atoms with Gasteiger partial charge in [-0.2, -0.15) is 0 Å². The molecular weight excluding hydrogens is 518 g/mol. The molecule has 4 aromatic rings. The first-order valence-electron chi connectivity index (χ1n) is 11.8. The van der Waals surface area contributed by atoms with Crippen molar-refractivity contribution in [1.82, 2.24) is 9.55 Å². The van der Waals surface area contributed by atoms with Crippen molar-refractivity contribution in [3.05, 3.63) is 111 Å². The molecule has 1 aliphatic rings. The van der Waals surface area contributed by atoms with Crippen molar-refractivity contribution in [1.29, 1.82) is 0 Å². The van der Waals surface area contributed by atoms with Crippen LogP contribution in [-0.4, -0.2) is 22.4 Å². The second kappa shape index (κ2) is 10.3. The van der Waals surface area contributed by atoms with E-state index in [9.17, 15) is 18.0 Å². The van der Waals surface area contributed by atoms with Crippen LogP contribution in [0.1, 0.15) is 34.5 Å². The van der Waals surface area contributed by atoms with E-state index in [0.29, 0.717) is 16.2 Å². The largest absolute Gasteiger partial charge is 0.494 e. The van der Waals surface area contributed by atoms with E-state index in [0.717, 1.165) is 12.1 Å². The van der Waals surface area contributed by atoms with Crippen LogP contribution in [0.3, 0.4) is 0 Å². The average Bonchev–Trinajstić information content (AvgIpc) is 3.34. The molecule has 0 saturated carbocycles. The lowest BCUT2D eigenvalue weighted by molar-refractivity contribution is 0.387. The number of methoxy groups -OCH3 is 1. The Morgan fingerprint density at radius 1 is 1.05 bits per heavy atom. The zero-order valence-corrected chi connectivity index (χ0v) is 21.3. The number of thioether (sulfide) groups is 1. The molecule has 2 N–H and O–H groups in total. The van der Waals surface area contributed by atoms with Crippen molar-refractivity contribution < 1.29 is 22.3 Å². The van der Waals surface area contributed by atoms with Gasteiger partial charge in [0.2, 0.25) is 0 Å². The van der Waals surface area contributed by atoms with Gasteiger partial charge in [0.15, 0.2) is 11.6 Å². The van der Waals surface area contributed by atoms with E-state index in [4.69, 9.17) is 10.5 Å². The number of hydrogen-bond acceptors (Lipinski definition) is 5. The smallest absolute Gasteiger partial charge is 0.260 e. The van der Waals surface area contributed by atoms with Crippen LogP contribution in [0.15, 0.2) is 64.5 Å². The van der Waals surface area contributed by atoms with E-state index in [-0.39, 0.29) is 40.3 Å². The predicted molar refractivity (Wildman–Crippen MR) is 137 cm³/mol. The minimum atomic E-state index is -1.01. The third kappa shape index (κ3) is 4.27. The molecule has 5 nitrogen and oxygen atoms in total. The standard InChI is InChI=1S/C28H23F4N3O2S/c1-14-16(12-17-18(29)7-4-8-19(17)30)28-35(21(13-38-28)25(33)26-20(31)9-5-11-34-26)27(36)23(14)15-6-3-10-22(37-2)24(15)32/h3-11,21,25H,12-13,33H2,1-2H3/t21-,25?/m0/s1. The summed E-state index contributed by atoms with van der Waals surface area (Å²) in [5.74, 6) is -2.63. The molecule has 1 aliphatic heterocycles. The molecule has 0 bridgehead atoms. The van der Waals surface area contributed by atoms with Crippen molar-refractivity contribution >= 4 is 11.8 Å². The van der Waals surface area contributed by atoms with Gasteiger partial charge in [-0.3, -0.25) is 14.3 Å². The molecule has 196 valence electrons. The van der Waals surface area contributed by atoms with Crippen molar-refractivity contribution in [3.63, 3.8) is 0 Å². The maximum atomic E-state index is 15.4. The first-order chi connectivity index (χ1) is 18.2. The Labute approximate surface area is 220 Å². The number of nitrogens with zero attached hydrogens (tertiary/aromatic N) is 2. The van der Waals surface area contributed by atoms with E-state index < -0.39 is 40.9 Å². The highest BCUT2D eigenvalue weighted by molar-refractivity contribution is 7.99. The van der Waals surface area contributed by atoms with Crippen LogP contribution in [0, 0.1) is 30.2 Å². The van der Waals surface area contributed by atoms with Crippen LogP contribution in [0.5, 0.6) is 5.75 Å². The quantitative estimate of drug-likeness (QED) is 0.316. The number of ether oxygens (including phenoxy) is 1. The van der Waals surface area contributed by atoms with Gasteiger partial charge in [-0.15, -0.1) is 11.8 Å². The number of halogens is 4. The summed E-state index contributed by atoms with van der Waals surface area (Å²) in [5.41, 5.74) is 6.51. The summed E-state index contributed by atoms with van der Waals surface area (Å²) in [6, 6.07) is 8.90. The molecule has 0 radical (unpaired) electrons. The summed E-state index contributed by atoms with van der Waals surface area (Å²) in [7, 11) is 1.31. The minimum Gasteiger partial charge on any atom is -0.494 e. The van der Waals surface area contributed by atoms with Gasteiger partial charge in [0.1, 0.15) is 17.5 Å². The molecule has 0 amide bonds. The summed E-state index contributed by atoms with van der Waals surface area (Å²) < 4.78 is 65.9. The van der Waals surface area contributed by atoms with Crippen LogP contribution in [0.2, 0.25) is 0 Å². The summed E-state index contributed by atoms with van der Waals surface area (Å²) in [6.45, 7) is 1.62. The number of pyridine rings is 2. The molecule has 3 heterocycles. The molecule has 0 saturated heterocycles. The van der Waals surface area contributed by atoms with Crippen LogP contribution in [-0.2, 0) is 6.42 Å². The summed E-state index contributed by atoms with van der Waals surface area (Å²) in [4.78, 5) is 18.1. The van der Waals surface area contributed by atoms with E-state index in [1.54, 1.807) is 13.0 Å². The van der Waals surface area contributed by atoms with Crippen molar-refractivity contribution in [2.24, 2.45) is 5.73 Å². The third-order valence-electron chi connectivity index (χ3n) is 6.84. The molecule has 2 aromatic heterocycles. The Hall–Kier alpha value is -3.63. The monoisotopic (exact) mass is 541 g/mol. The Morgan fingerprint density at radius 2 is 1.74 bits per heavy atom. The molecular formula is C28H23F4N3O2S. The van der Waals surface area contributed by atoms with E-state index in [1.807, 2.05) is 0 Å². The molecule has 5 rings (SSSR count). The zero-order chi connectivity index (χ0) is 27.1. The van der Waals surface area contributed by atoms with Gasteiger partial charge >= 0.3 is 0 Å². The number of benzene rings is 2. The minimum absolute atomic E-state index is 0.0121. The number of nitrogens with two attached hydrogens (primary N) is 1. The Morgan fingerprint density at radius 3 is 2.42 bits per heavy atom. The van der Waals surface area contributed by atoms with Crippen LogP contribution in [0.4, 0.5) is 17.6 Å². The highest BCUT2D eigenvalue weighted by atomic mass is 32.2. The van der Waals surface area contributed by atoms with Gasteiger partial charge in [0.25, 0.3) is 5.56 Å². The van der Waals surface area contributed by atoms with E-state index in [2.05, 4.69) is 4.98 Å². The average molecular weight is 542 g/mol. The van der Waals surface area contributed by atoms with Gasteiger partial charge in [-0.1, -0.05) is 18.2 Å². The third-order valence-corrected chi connectivity index (χ3v) is 8.07. The molecule has 1 unspecified atom stereocenters. The Kier molecular flexibility index (Phi) is 7.02. The molecule has 0 aliphatic carbocycles. The highest BCUT2D eigenvalue weighted by Crippen LogP contribution is 2.43. The van der Waals surface area contributed by atoms with Crippen LogP contribution in [0.25, 0.3) is 11.1 Å². The number of aromatic nitrogens is 2. The number of rotatable bonds is 6. The van der Waals surface area contributed by atoms with Crippen LogP contribution < -0.4 is 16.0 Å². The zero-order valence-electron chi connectivity index (χ0n) is 20.5. The lowest BCUT2D eigenvalue weighted by Crippen LogP contribution is -2.34. The van der Waals surface area contributed by atoms with Gasteiger partial charge in [0, 0.05) is 29.5 Å². The maximum Gasteiger partial charge on any atom is 0.260 e. The Balaban J connectivity index is 1.78.